The molecule has 0 N–H and O–H groups in total. The minimum atomic E-state index is -1.47. The normalized spacial score (nSPS) is 10.6. The van der Waals surface area contributed by atoms with Crippen LogP contribution in [0.4, 0.5) is 0 Å². The summed E-state index contributed by atoms with van der Waals surface area (Å²) in [5, 5.41) is 1.47. The van der Waals surface area contributed by atoms with Gasteiger partial charge in [-0.2, -0.15) is 0 Å². The van der Waals surface area contributed by atoms with Crippen LogP contribution in [0.3, 0.4) is 0 Å². The molecule has 0 heterocycles. The van der Waals surface area contributed by atoms with Crippen molar-refractivity contribution in [3.63, 3.8) is 0 Å². The van der Waals surface area contributed by atoms with Gasteiger partial charge in [0.2, 0.25) is 0 Å². The highest BCUT2D eigenvalue weighted by Crippen LogP contribution is 2.08. The number of hydrogen-bond acceptors (Lipinski definition) is 0. The summed E-state index contributed by atoms with van der Waals surface area (Å²) in [4.78, 5) is 0. The van der Waals surface area contributed by atoms with E-state index in [9.17, 15) is 0 Å². The highest BCUT2D eigenvalue weighted by Gasteiger charge is 2.18. The van der Waals surface area contributed by atoms with Crippen molar-refractivity contribution >= 4 is 13.3 Å². The standard InChI is InChI=1S/C17H24Si/c1-5-6-8-11-16(2)14-15-18(3,4)17-12-9-7-10-13-17/h5,7,9-10,12-13,15H,1,6,8,11H2,2-4H3. The van der Waals surface area contributed by atoms with Crippen molar-refractivity contribution < 1.29 is 0 Å². The maximum Gasteiger partial charge on any atom is 0.112 e. The summed E-state index contributed by atoms with van der Waals surface area (Å²) in [6.45, 7) is 10.7. The summed E-state index contributed by atoms with van der Waals surface area (Å²) in [6.07, 6.45) is 5.39. The van der Waals surface area contributed by atoms with Gasteiger partial charge in [0, 0.05) is 0 Å². The number of unbranched alkanes of at least 4 members (excludes halogenated alkanes) is 1. The summed E-state index contributed by atoms with van der Waals surface area (Å²) in [7, 11) is -1.47. The molecule has 0 aliphatic heterocycles. The highest BCUT2D eigenvalue weighted by molar-refractivity contribution is 6.93. The van der Waals surface area contributed by atoms with Crippen molar-refractivity contribution in [2.24, 2.45) is 0 Å². The Kier molecular flexibility index (Phi) is 5.90. The van der Waals surface area contributed by atoms with Gasteiger partial charge in [0.15, 0.2) is 0 Å². The molecule has 1 aromatic carbocycles. The maximum absolute atomic E-state index is 3.75. The van der Waals surface area contributed by atoms with Crippen molar-refractivity contribution in [1.29, 1.82) is 0 Å². The fourth-order valence-electron chi connectivity index (χ4n) is 1.84. The monoisotopic (exact) mass is 256 g/mol. The average molecular weight is 256 g/mol. The van der Waals surface area contributed by atoms with Crippen LogP contribution in [0, 0.1) is 0 Å². The van der Waals surface area contributed by atoms with Gasteiger partial charge in [-0.25, -0.2) is 0 Å². The molecule has 0 aliphatic rings. The molecule has 0 aliphatic carbocycles. The molecule has 0 nitrogen and oxygen atoms in total. The van der Waals surface area contributed by atoms with Crippen LogP contribution in [0.25, 0.3) is 0 Å². The lowest BCUT2D eigenvalue weighted by atomic mass is 10.1. The van der Waals surface area contributed by atoms with Crippen LogP contribution < -0.4 is 5.19 Å². The molecule has 1 rings (SSSR count). The van der Waals surface area contributed by atoms with E-state index in [2.05, 4.69) is 68.4 Å². The molecule has 0 fully saturated rings. The first-order valence-corrected chi connectivity index (χ1v) is 9.74. The zero-order valence-electron chi connectivity index (χ0n) is 11.9. The van der Waals surface area contributed by atoms with Crippen LogP contribution in [0.15, 0.2) is 60.0 Å². The fraction of sp³-hybridized carbons (Fsp3) is 0.353. The molecule has 0 spiro atoms. The first-order valence-electron chi connectivity index (χ1n) is 6.66. The molecule has 1 heteroatoms. The van der Waals surface area contributed by atoms with Gasteiger partial charge in [-0.05, 0) is 37.5 Å². The molecule has 1 aromatic rings. The zero-order valence-corrected chi connectivity index (χ0v) is 12.9. The van der Waals surface area contributed by atoms with Gasteiger partial charge in [0.25, 0.3) is 0 Å². The van der Waals surface area contributed by atoms with E-state index in [-0.39, 0.29) is 0 Å². The van der Waals surface area contributed by atoms with Crippen LogP contribution in [-0.4, -0.2) is 8.07 Å². The second kappa shape index (κ2) is 7.20. The van der Waals surface area contributed by atoms with Crippen LogP contribution in [-0.2, 0) is 0 Å². The summed E-state index contributed by atoms with van der Waals surface area (Å²) in [5.41, 5.74) is 7.18. The molecule has 96 valence electrons. The molecular formula is C17H24Si. The van der Waals surface area contributed by atoms with Gasteiger partial charge in [-0.15, -0.1) is 12.3 Å². The molecule has 18 heavy (non-hydrogen) atoms. The summed E-state index contributed by atoms with van der Waals surface area (Å²) in [5.74, 6) is 0. The molecule has 0 bridgehead atoms. The second-order valence-electron chi connectivity index (χ2n) is 5.34. The van der Waals surface area contributed by atoms with E-state index in [1.54, 1.807) is 0 Å². The van der Waals surface area contributed by atoms with Gasteiger partial charge >= 0.3 is 0 Å². The van der Waals surface area contributed by atoms with Gasteiger partial charge in [-0.3, -0.25) is 0 Å². The number of rotatable bonds is 6. The Labute approximate surface area is 113 Å². The van der Waals surface area contributed by atoms with Crippen LogP contribution in [0.1, 0.15) is 26.2 Å². The van der Waals surface area contributed by atoms with E-state index in [4.69, 9.17) is 0 Å². The smallest absolute Gasteiger partial charge is 0.112 e. The van der Waals surface area contributed by atoms with Crippen LogP contribution in [0.2, 0.25) is 13.1 Å². The first kappa shape index (κ1) is 14.8. The van der Waals surface area contributed by atoms with Gasteiger partial charge in [0.05, 0.1) is 0 Å². The SMILES string of the molecule is C=CCCCC(C)=C=C[Si](C)(C)c1ccccc1. The van der Waals surface area contributed by atoms with Gasteiger partial charge in [-0.1, -0.05) is 54.7 Å². The summed E-state index contributed by atoms with van der Waals surface area (Å²) >= 11 is 0. The summed E-state index contributed by atoms with van der Waals surface area (Å²) in [6, 6.07) is 10.8. The highest BCUT2D eigenvalue weighted by atomic mass is 28.3. The van der Waals surface area contributed by atoms with E-state index in [1.165, 1.54) is 17.2 Å². The minimum Gasteiger partial charge on any atom is -0.130 e. The second-order valence-corrected chi connectivity index (χ2v) is 9.65. The van der Waals surface area contributed by atoms with Crippen molar-refractivity contribution in [3.8, 4) is 0 Å². The fourth-order valence-corrected chi connectivity index (χ4v) is 3.66. The Hall–Kier alpha value is -1.30. The molecule has 0 atom stereocenters. The number of hydrogen-bond donors (Lipinski definition) is 0. The van der Waals surface area contributed by atoms with Crippen LogP contribution >= 0.6 is 0 Å². The van der Waals surface area contributed by atoms with E-state index in [0.29, 0.717) is 0 Å². The van der Waals surface area contributed by atoms with Crippen molar-refractivity contribution in [2.45, 2.75) is 39.3 Å². The zero-order chi connectivity index (χ0) is 13.4. The van der Waals surface area contributed by atoms with E-state index >= 15 is 0 Å². The van der Waals surface area contributed by atoms with Crippen LogP contribution in [0.5, 0.6) is 0 Å². The third kappa shape index (κ3) is 4.91. The quantitative estimate of drug-likeness (QED) is 0.302. The van der Waals surface area contributed by atoms with Crippen molar-refractivity contribution in [3.05, 3.63) is 60.0 Å². The summed E-state index contributed by atoms with van der Waals surface area (Å²) < 4.78 is 0. The largest absolute Gasteiger partial charge is 0.130 e. The Morgan fingerprint density at radius 1 is 1.28 bits per heavy atom. The molecule has 0 amide bonds. The van der Waals surface area contributed by atoms with E-state index in [0.717, 1.165) is 12.8 Å². The van der Waals surface area contributed by atoms with Crippen molar-refractivity contribution in [1.82, 2.24) is 0 Å². The van der Waals surface area contributed by atoms with Gasteiger partial charge in [0.1, 0.15) is 8.07 Å². The topological polar surface area (TPSA) is 0 Å². The molecule has 0 saturated carbocycles. The Morgan fingerprint density at radius 2 is 1.94 bits per heavy atom. The maximum atomic E-state index is 3.75. The third-order valence-corrected chi connectivity index (χ3v) is 5.84. The average Bonchev–Trinajstić information content (AvgIpc) is 2.38. The molecule has 0 unspecified atom stereocenters. The molecule has 0 radical (unpaired) electrons. The Balaban J connectivity index is 2.75. The molecular weight excluding hydrogens is 232 g/mol. The lowest BCUT2D eigenvalue weighted by Crippen LogP contribution is -2.39. The molecule has 0 saturated heterocycles. The van der Waals surface area contributed by atoms with E-state index < -0.39 is 8.07 Å². The number of benzene rings is 1. The minimum absolute atomic E-state index is 1.10. The van der Waals surface area contributed by atoms with E-state index in [1.807, 2.05) is 6.08 Å². The Bertz CT molecular complexity index is 434. The van der Waals surface area contributed by atoms with Gasteiger partial charge < -0.3 is 0 Å². The third-order valence-electron chi connectivity index (χ3n) is 3.16. The number of allylic oxidation sites excluding steroid dienone is 2. The van der Waals surface area contributed by atoms with Crippen molar-refractivity contribution in [2.75, 3.05) is 0 Å². The lowest BCUT2D eigenvalue weighted by Gasteiger charge is -2.16. The molecule has 0 aromatic heterocycles. The predicted molar refractivity (Wildman–Crippen MR) is 84.9 cm³/mol. The lowest BCUT2D eigenvalue weighted by molar-refractivity contribution is 0.835. The predicted octanol–water partition coefficient (Wildman–Crippen LogP) is 4.60. The first-order chi connectivity index (χ1) is 8.56. The Morgan fingerprint density at radius 3 is 2.56 bits per heavy atom.